The Balaban J connectivity index is 1.35. The number of ether oxygens (including phenoxy) is 1. The van der Waals surface area contributed by atoms with Gasteiger partial charge in [-0.1, -0.05) is 56.2 Å². The fourth-order valence-electron chi connectivity index (χ4n) is 4.95. The normalized spacial score (nSPS) is 18.4. The summed E-state index contributed by atoms with van der Waals surface area (Å²) in [6.07, 6.45) is 8.72. The van der Waals surface area contributed by atoms with E-state index in [-0.39, 0.29) is 6.09 Å². The number of likely N-dealkylation sites (tertiary alicyclic amines) is 1. The number of nitrogens with one attached hydrogen (secondary N) is 1. The Morgan fingerprint density at radius 1 is 1.03 bits per heavy atom. The van der Waals surface area contributed by atoms with Crippen molar-refractivity contribution in [1.29, 1.82) is 0 Å². The lowest BCUT2D eigenvalue weighted by atomic mass is 9.71. The summed E-state index contributed by atoms with van der Waals surface area (Å²) in [5.74, 6) is 0. The number of unbranched alkanes of at least 4 members (excludes halogenated alkanes) is 1. The minimum absolute atomic E-state index is 0.356. The third-order valence-corrected chi connectivity index (χ3v) is 6.94. The van der Waals surface area contributed by atoms with Gasteiger partial charge in [0.2, 0.25) is 0 Å². The number of hydrogen-bond acceptors (Lipinski definition) is 3. The first-order chi connectivity index (χ1) is 14.7. The number of anilines is 1. The summed E-state index contributed by atoms with van der Waals surface area (Å²) in [4.78, 5) is 14.0. The molecular formula is C26H34N2O2. The largest absolute Gasteiger partial charge is 0.444 e. The average Bonchev–Trinajstić information content (AvgIpc) is 2.79. The number of piperidine rings is 1. The lowest BCUT2D eigenvalue weighted by Gasteiger charge is -2.42. The average molecular weight is 407 g/mol. The number of hydrogen-bond donors (Lipinski definition) is 1. The molecule has 0 radical (unpaired) electrons. The van der Waals surface area contributed by atoms with Crippen LogP contribution in [0.1, 0.15) is 62.1 Å². The molecular weight excluding hydrogens is 372 g/mol. The molecule has 0 spiro atoms. The minimum Gasteiger partial charge on any atom is -0.444 e. The van der Waals surface area contributed by atoms with Crippen molar-refractivity contribution in [2.24, 2.45) is 5.41 Å². The second-order valence-corrected chi connectivity index (χ2v) is 9.06. The number of nitrogens with zero attached hydrogens (tertiary/aromatic N) is 1. The number of fused-ring (bicyclic) bond motifs is 1. The third kappa shape index (κ3) is 5.23. The van der Waals surface area contributed by atoms with Crippen molar-refractivity contribution < 1.29 is 9.53 Å². The van der Waals surface area contributed by atoms with Gasteiger partial charge >= 0.3 is 6.09 Å². The molecule has 0 unspecified atom stereocenters. The molecule has 2 heterocycles. The van der Waals surface area contributed by atoms with Crippen molar-refractivity contribution >= 4 is 11.8 Å². The van der Waals surface area contributed by atoms with E-state index in [4.69, 9.17) is 4.74 Å². The van der Waals surface area contributed by atoms with Gasteiger partial charge < -0.3 is 4.74 Å². The SMILES string of the molecule is CCCCC1(CCc2ccccc2)CCN(Cc2ccc3c(c2)COC(=O)N3)CC1. The molecule has 4 heteroatoms. The van der Waals surface area contributed by atoms with Gasteiger partial charge in [0.25, 0.3) is 0 Å². The number of carbonyl (C=O) groups excluding carboxylic acids is 1. The molecule has 1 fully saturated rings. The summed E-state index contributed by atoms with van der Waals surface area (Å²) < 4.78 is 5.11. The van der Waals surface area contributed by atoms with Crippen molar-refractivity contribution in [1.82, 2.24) is 4.90 Å². The van der Waals surface area contributed by atoms with Crippen LogP contribution < -0.4 is 5.32 Å². The Kier molecular flexibility index (Phi) is 6.73. The topological polar surface area (TPSA) is 41.6 Å². The van der Waals surface area contributed by atoms with Crippen molar-refractivity contribution in [3.05, 3.63) is 65.2 Å². The zero-order chi connectivity index (χ0) is 20.8. The van der Waals surface area contributed by atoms with Crippen LogP contribution in [0.3, 0.4) is 0 Å². The summed E-state index contributed by atoms with van der Waals surface area (Å²) in [5, 5.41) is 2.77. The molecule has 1 N–H and O–H groups in total. The standard InChI is InChI=1S/C26H34N2O2/c1-2-3-12-26(13-11-21-7-5-4-6-8-21)14-16-28(17-15-26)19-22-9-10-24-23(18-22)20-30-25(29)27-24/h4-10,18H,2-3,11-17,19-20H2,1H3,(H,27,29). The van der Waals surface area contributed by atoms with Crippen molar-refractivity contribution in [3.63, 3.8) is 0 Å². The van der Waals surface area contributed by atoms with Gasteiger partial charge in [0, 0.05) is 12.1 Å². The number of benzene rings is 2. The molecule has 0 saturated carbocycles. The molecule has 0 bridgehead atoms. The summed E-state index contributed by atoms with van der Waals surface area (Å²) in [5.41, 5.74) is 5.23. The highest BCUT2D eigenvalue weighted by Crippen LogP contribution is 2.41. The molecule has 2 aromatic carbocycles. The van der Waals surface area contributed by atoms with Crippen molar-refractivity contribution in [3.8, 4) is 0 Å². The van der Waals surface area contributed by atoms with Gasteiger partial charge in [0.15, 0.2) is 0 Å². The third-order valence-electron chi connectivity index (χ3n) is 6.94. The van der Waals surface area contributed by atoms with Gasteiger partial charge in [-0.3, -0.25) is 10.2 Å². The van der Waals surface area contributed by atoms with E-state index in [1.807, 2.05) is 6.07 Å². The minimum atomic E-state index is -0.356. The van der Waals surface area contributed by atoms with Crippen LogP contribution in [0.25, 0.3) is 0 Å². The van der Waals surface area contributed by atoms with E-state index in [1.54, 1.807) is 0 Å². The van der Waals surface area contributed by atoms with Gasteiger partial charge in [0.05, 0.1) is 5.69 Å². The molecule has 1 saturated heterocycles. The van der Waals surface area contributed by atoms with Crippen LogP contribution in [-0.2, 0) is 24.3 Å². The van der Waals surface area contributed by atoms with Gasteiger partial charge in [-0.2, -0.15) is 0 Å². The van der Waals surface area contributed by atoms with Crippen molar-refractivity contribution in [2.45, 2.75) is 65.0 Å². The highest BCUT2D eigenvalue weighted by molar-refractivity contribution is 5.87. The molecule has 0 aliphatic carbocycles. The van der Waals surface area contributed by atoms with Crippen LogP contribution in [0.4, 0.5) is 10.5 Å². The molecule has 2 aliphatic rings. The van der Waals surface area contributed by atoms with Crippen molar-refractivity contribution in [2.75, 3.05) is 18.4 Å². The monoisotopic (exact) mass is 406 g/mol. The van der Waals surface area contributed by atoms with E-state index in [9.17, 15) is 4.79 Å². The Labute approximate surface area is 180 Å². The van der Waals surface area contributed by atoms with E-state index >= 15 is 0 Å². The van der Waals surface area contributed by atoms with E-state index in [0.29, 0.717) is 12.0 Å². The van der Waals surface area contributed by atoms with Crippen LogP contribution in [-0.4, -0.2) is 24.1 Å². The van der Waals surface area contributed by atoms with E-state index in [1.165, 1.54) is 69.2 Å². The molecule has 30 heavy (non-hydrogen) atoms. The summed E-state index contributed by atoms with van der Waals surface area (Å²) in [6, 6.07) is 17.3. The highest BCUT2D eigenvalue weighted by atomic mass is 16.5. The maximum absolute atomic E-state index is 11.4. The zero-order valence-electron chi connectivity index (χ0n) is 18.2. The Morgan fingerprint density at radius 3 is 2.60 bits per heavy atom. The van der Waals surface area contributed by atoms with E-state index in [2.05, 4.69) is 59.6 Å². The maximum atomic E-state index is 11.4. The van der Waals surface area contributed by atoms with E-state index in [0.717, 1.165) is 17.8 Å². The predicted octanol–water partition coefficient (Wildman–Crippen LogP) is 6.15. The van der Waals surface area contributed by atoms with E-state index < -0.39 is 0 Å². The van der Waals surface area contributed by atoms with Gasteiger partial charge in [-0.05, 0) is 73.9 Å². The molecule has 0 aromatic heterocycles. The maximum Gasteiger partial charge on any atom is 0.411 e. The second kappa shape index (κ2) is 9.65. The smallest absolute Gasteiger partial charge is 0.411 e. The first-order valence-corrected chi connectivity index (χ1v) is 11.5. The summed E-state index contributed by atoms with van der Waals surface area (Å²) >= 11 is 0. The predicted molar refractivity (Wildman–Crippen MR) is 121 cm³/mol. The lowest BCUT2D eigenvalue weighted by molar-refractivity contribution is 0.0804. The Hall–Kier alpha value is -2.33. The molecule has 4 rings (SSSR count). The first-order valence-electron chi connectivity index (χ1n) is 11.5. The number of rotatable bonds is 8. The number of amides is 1. The van der Waals surface area contributed by atoms with Crippen LogP contribution in [0.2, 0.25) is 0 Å². The number of cyclic esters (lactones) is 1. The molecule has 160 valence electrons. The molecule has 1 amide bonds. The summed E-state index contributed by atoms with van der Waals surface area (Å²) in [7, 11) is 0. The molecule has 0 atom stereocenters. The highest BCUT2D eigenvalue weighted by Gasteiger charge is 2.33. The fraction of sp³-hybridized carbons (Fsp3) is 0.500. The second-order valence-electron chi connectivity index (χ2n) is 9.06. The fourth-order valence-corrected chi connectivity index (χ4v) is 4.95. The van der Waals surface area contributed by atoms with Gasteiger partial charge in [-0.15, -0.1) is 0 Å². The van der Waals surface area contributed by atoms with Crippen LogP contribution >= 0.6 is 0 Å². The molecule has 2 aliphatic heterocycles. The number of carbonyl (C=O) groups is 1. The lowest BCUT2D eigenvalue weighted by Crippen LogP contribution is -2.40. The summed E-state index contributed by atoms with van der Waals surface area (Å²) in [6.45, 7) is 5.99. The Morgan fingerprint density at radius 2 is 1.83 bits per heavy atom. The van der Waals surface area contributed by atoms with Gasteiger partial charge in [0.1, 0.15) is 6.61 Å². The molecule has 2 aromatic rings. The quantitative estimate of drug-likeness (QED) is 0.571. The zero-order valence-corrected chi connectivity index (χ0v) is 18.2. The van der Waals surface area contributed by atoms with Gasteiger partial charge in [-0.25, -0.2) is 4.79 Å². The van der Waals surface area contributed by atoms with Crippen LogP contribution in [0.5, 0.6) is 0 Å². The Bertz CT molecular complexity index is 841. The molecule has 4 nitrogen and oxygen atoms in total. The first kappa shape index (κ1) is 20.9. The number of aryl methyl sites for hydroxylation is 1. The van der Waals surface area contributed by atoms with Crippen LogP contribution in [0, 0.1) is 5.41 Å². The van der Waals surface area contributed by atoms with Crippen LogP contribution in [0.15, 0.2) is 48.5 Å².